The number of benzene rings is 2. The molecule has 3 rings (SSSR count). The first-order valence-electron chi connectivity index (χ1n) is 6.37. The van der Waals surface area contributed by atoms with Gasteiger partial charge in [-0.15, -0.1) is 0 Å². The molecule has 1 atom stereocenters. The van der Waals surface area contributed by atoms with Gasteiger partial charge in [-0.1, -0.05) is 12.1 Å². The minimum atomic E-state index is -0.956. The molecular weight excluding hydrogens is 276 g/mol. The van der Waals surface area contributed by atoms with Gasteiger partial charge in [0, 0.05) is 17.0 Å². The lowest BCUT2D eigenvalue weighted by Gasteiger charge is -2.10. The summed E-state index contributed by atoms with van der Waals surface area (Å²) in [6, 6.07) is 10.1. The number of hydrogen-bond donors (Lipinski definition) is 1. The van der Waals surface area contributed by atoms with Crippen LogP contribution in [0.2, 0.25) is 0 Å². The van der Waals surface area contributed by atoms with E-state index < -0.39 is 17.7 Å². The van der Waals surface area contributed by atoms with Gasteiger partial charge in [-0.05, 0) is 24.3 Å². The molecule has 21 heavy (non-hydrogen) atoms. The van der Waals surface area contributed by atoms with Crippen LogP contribution in [0.5, 0.6) is 5.75 Å². The molecule has 1 aromatic heterocycles. The molecule has 0 saturated heterocycles. The molecule has 2 aromatic carbocycles. The van der Waals surface area contributed by atoms with Gasteiger partial charge in [-0.2, -0.15) is 0 Å². The Balaban J connectivity index is 2.05. The second kappa shape index (κ2) is 5.18. The number of rotatable bonds is 3. The van der Waals surface area contributed by atoms with Crippen LogP contribution in [0.3, 0.4) is 0 Å². The van der Waals surface area contributed by atoms with Crippen molar-refractivity contribution in [1.82, 2.24) is 0 Å². The summed E-state index contributed by atoms with van der Waals surface area (Å²) in [6.07, 6.45) is 0. The Morgan fingerprint density at radius 2 is 1.95 bits per heavy atom. The van der Waals surface area contributed by atoms with Crippen LogP contribution in [0.1, 0.15) is 17.4 Å². The van der Waals surface area contributed by atoms with Gasteiger partial charge in [-0.3, -0.25) is 0 Å². The Morgan fingerprint density at radius 1 is 1.14 bits per heavy atom. The summed E-state index contributed by atoms with van der Waals surface area (Å²) < 4.78 is 37.8. The summed E-state index contributed by atoms with van der Waals surface area (Å²) >= 11 is 0. The first kappa shape index (κ1) is 13.6. The number of methoxy groups -OCH3 is 1. The fraction of sp³-hybridized carbons (Fsp3) is 0.125. The summed E-state index contributed by atoms with van der Waals surface area (Å²) in [5.74, 6) is -0.875. The van der Waals surface area contributed by atoms with Gasteiger partial charge < -0.3 is 14.9 Å². The Bertz CT molecular complexity index is 798. The zero-order valence-electron chi connectivity index (χ0n) is 11.3. The highest BCUT2D eigenvalue weighted by atomic mass is 19.2. The van der Waals surface area contributed by atoms with Gasteiger partial charge in [-0.25, -0.2) is 8.78 Å². The van der Waals surface area contributed by atoms with Crippen molar-refractivity contribution >= 4 is 11.0 Å². The van der Waals surface area contributed by atoms with E-state index in [1.807, 2.05) is 6.07 Å². The number of halogens is 2. The lowest BCUT2D eigenvalue weighted by Crippen LogP contribution is -2.13. The largest absolute Gasteiger partial charge is 0.497 e. The SMILES string of the molecule is COc1ccc2cc(C(N)c3cccc(F)c3F)oc2c1. The minimum absolute atomic E-state index is 0.0565. The summed E-state index contributed by atoms with van der Waals surface area (Å²) in [4.78, 5) is 0. The monoisotopic (exact) mass is 289 g/mol. The Hall–Kier alpha value is -2.40. The molecule has 5 heteroatoms. The third-order valence-electron chi connectivity index (χ3n) is 3.37. The second-order valence-corrected chi connectivity index (χ2v) is 4.67. The van der Waals surface area contributed by atoms with Crippen molar-refractivity contribution < 1.29 is 17.9 Å². The van der Waals surface area contributed by atoms with Crippen LogP contribution in [0, 0.1) is 11.6 Å². The summed E-state index contributed by atoms with van der Waals surface area (Å²) in [6.45, 7) is 0. The zero-order valence-corrected chi connectivity index (χ0v) is 11.3. The molecule has 1 unspecified atom stereocenters. The van der Waals surface area contributed by atoms with Crippen molar-refractivity contribution in [2.24, 2.45) is 5.73 Å². The number of hydrogen-bond acceptors (Lipinski definition) is 3. The predicted molar refractivity (Wildman–Crippen MR) is 75.2 cm³/mol. The van der Waals surface area contributed by atoms with E-state index in [9.17, 15) is 8.78 Å². The molecule has 0 saturated carbocycles. The highest BCUT2D eigenvalue weighted by Crippen LogP contribution is 2.30. The molecule has 0 spiro atoms. The first-order chi connectivity index (χ1) is 10.1. The fourth-order valence-corrected chi connectivity index (χ4v) is 2.23. The molecule has 0 fully saturated rings. The molecule has 0 aliphatic carbocycles. The van der Waals surface area contributed by atoms with Gasteiger partial charge in [0.05, 0.1) is 13.2 Å². The summed E-state index contributed by atoms with van der Waals surface area (Å²) in [5.41, 5.74) is 6.63. The van der Waals surface area contributed by atoms with E-state index in [1.54, 1.807) is 25.3 Å². The van der Waals surface area contributed by atoms with E-state index in [-0.39, 0.29) is 5.56 Å². The smallest absolute Gasteiger partial charge is 0.164 e. The molecular formula is C16H13F2NO2. The summed E-state index contributed by atoms with van der Waals surface area (Å²) in [5, 5.41) is 0.818. The molecule has 1 heterocycles. The number of nitrogens with two attached hydrogens (primary N) is 1. The van der Waals surface area contributed by atoms with Crippen LogP contribution in [-0.2, 0) is 0 Å². The topological polar surface area (TPSA) is 48.4 Å². The van der Waals surface area contributed by atoms with Crippen molar-refractivity contribution in [2.45, 2.75) is 6.04 Å². The van der Waals surface area contributed by atoms with E-state index >= 15 is 0 Å². The van der Waals surface area contributed by atoms with E-state index in [0.29, 0.717) is 17.1 Å². The number of furan rings is 1. The molecule has 2 N–H and O–H groups in total. The molecule has 0 bridgehead atoms. The first-order valence-corrected chi connectivity index (χ1v) is 6.37. The lowest BCUT2D eigenvalue weighted by atomic mass is 10.0. The highest BCUT2D eigenvalue weighted by molar-refractivity contribution is 5.79. The van der Waals surface area contributed by atoms with Crippen LogP contribution in [0.4, 0.5) is 8.78 Å². The van der Waals surface area contributed by atoms with Crippen LogP contribution < -0.4 is 10.5 Å². The van der Waals surface area contributed by atoms with Crippen LogP contribution in [-0.4, -0.2) is 7.11 Å². The van der Waals surface area contributed by atoms with Crippen molar-refractivity contribution in [3.63, 3.8) is 0 Å². The third-order valence-corrected chi connectivity index (χ3v) is 3.37. The molecule has 3 nitrogen and oxygen atoms in total. The Labute approximate surface area is 119 Å². The van der Waals surface area contributed by atoms with E-state index in [1.165, 1.54) is 12.1 Å². The number of fused-ring (bicyclic) bond motifs is 1. The van der Waals surface area contributed by atoms with Crippen LogP contribution >= 0.6 is 0 Å². The van der Waals surface area contributed by atoms with Crippen molar-refractivity contribution in [3.05, 3.63) is 65.4 Å². The van der Waals surface area contributed by atoms with Gasteiger partial charge >= 0.3 is 0 Å². The van der Waals surface area contributed by atoms with Crippen molar-refractivity contribution in [1.29, 1.82) is 0 Å². The molecule has 0 aliphatic rings. The van der Waals surface area contributed by atoms with Gasteiger partial charge in [0.25, 0.3) is 0 Å². The number of ether oxygens (including phenoxy) is 1. The average molecular weight is 289 g/mol. The van der Waals surface area contributed by atoms with E-state index in [0.717, 1.165) is 11.5 Å². The van der Waals surface area contributed by atoms with Crippen molar-refractivity contribution in [2.75, 3.05) is 7.11 Å². The van der Waals surface area contributed by atoms with Gasteiger partial charge in [0.1, 0.15) is 17.1 Å². The third kappa shape index (κ3) is 2.36. The Kier molecular flexibility index (Phi) is 3.35. The average Bonchev–Trinajstić information content (AvgIpc) is 2.92. The maximum Gasteiger partial charge on any atom is 0.164 e. The van der Waals surface area contributed by atoms with E-state index in [2.05, 4.69) is 0 Å². The fourth-order valence-electron chi connectivity index (χ4n) is 2.23. The molecule has 0 aliphatic heterocycles. The lowest BCUT2D eigenvalue weighted by molar-refractivity contribution is 0.414. The second-order valence-electron chi connectivity index (χ2n) is 4.67. The molecule has 108 valence electrons. The standard InChI is InChI=1S/C16H13F2NO2/c1-20-10-6-5-9-7-14(21-13(9)8-10)16(19)11-3-2-4-12(17)15(11)18/h2-8,16H,19H2,1H3. The van der Waals surface area contributed by atoms with Crippen molar-refractivity contribution in [3.8, 4) is 5.75 Å². The molecule has 0 amide bonds. The normalized spacial score (nSPS) is 12.6. The Morgan fingerprint density at radius 3 is 2.71 bits per heavy atom. The van der Waals surface area contributed by atoms with Crippen LogP contribution in [0.15, 0.2) is 46.9 Å². The molecule has 3 aromatic rings. The minimum Gasteiger partial charge on any atom is -0.497 e. The zero-order chi connectivity index (χ0) is 15.0. The highest BCUT2D eigenvalue weighted by Gasteiger charge is 2.19. The van der Waals surface area contributed by atoms with E-state index in [4.69, 9.17) is 14.9 Å². The maximum absolute atomic E-state index is 13.8. The van der Waals surface area contributed by atoms with Gasteiger partial charge in [0.2, 0.25) is 0 Å². The maximum atomic E-state index is 13.8. The van der Waals surface area contributed by atoms with Gasteiger partial charge in [0.15, 0.2) is 11.6 Å². The molecule has 0 radical (unpaired) electrons. The van der Waals surface area contributed by atoms with Crippen LogP contribution in [0.25, 0.3) is 11.0 Å². The quantitative estimate of drug-likeness (QED) is 0.798. The predicted octanol–water partition coefficient (Wildman–Crippen LogP) is 3.77. The summed E-state index contributed by atoms with van der Waals surface area (Å²) in [7, 11) is 1.55.